The summed E-state index contributed by atoms with van der Waals surface area (Å²) < 4.78 is 22.2. The van der Waals surface area contributed by atoms with Gasteiger partial charge in [0.05, 0.1) is 35.9 Å². The van der Waals surface area contributed by atoms with E-state index in [0.717, 1.165) is 18.7 Å². The van der Waals surface area contributed by atoms with Gasteiger partial charge in [-0.15, -0.1) is 0 Å². The Morgan fingerprint density at radius 2 is 1.85 bits per heavy atom. The predicted octanol–water partition coefficient (Wildman–Crippen LogP) is 5.10. The van der Waals surface area contributed by atoms with Gasteiger partial charge in [-0.05, 0) is 73.7 Å². The number of piperidine rings is 1. The molecule has 11 heteroatoms. The molecule has 1 fully saturated rings. The maximum absolute atomic E-state index is 16.1. The zero-order valence-corrected chi connectivity index (χ0v) is 24.3. The minimum atomic E-state index is -1.31. The molecular formula is C30H33Cl2FN4O4. The molecule has 3 heterocycles. The Balaban J connectivity index is 1.48. The first kappa shape index (κ1) is 29.8. The molecule has 2 aromatic carbocycles. The largest absolute Gasteiger partial charge is 0.395 e. The number of likely N-dealkylation sites (tertiary alicyclic amines) is 1. The van der Waals surface area contributed by atoms with Crippen molar-refractivity contribution in [1.29, 1.82) is 0 Å². The lowest BCUT2D eigenvalue weighted by Crippen LogP contribution is -2.44. The highest BCUT2D eigenvalue weighted by Crippen LogP contribution is 2.44. The molecule has 2 N–H and O–H groups in total. The van der Waals surface area contributed by atoms with E-state index in [1.807, 2.05) is 13.0 Å². The number of aromatic nitrogens is 2. The smallest absolute Gasteiger partial charge is 0.257 e. The van der Waals surface area contributed by atoms with Crippen molar-refractivity contribution in [3.63, 3.8) is 0 Å². The first-order valence-corrected chi connectivity index (χ1v) is 14.5. The number of rotatable bonds is 10. The third-order valence-electron chi connectivity index (χ3n) is 8.15. The van der Waals surface area contributed by atoms with Gasteiger partial charge in [0.1, 0.15) is 11.6 Å². The second-order valence-corrected chi connectivity index (χ2v) is 11.5. The van der Waals surface area contributed by atoms with Crippen LogP contribution < -0.4 is 0 Å². The normalized spacial score (nSPS) is 19.4. The van der Waals surface area contributed by atoms with Crippen LogP contribution in [0.15, 0.2) is 48.8 Å². The van der Waals surface area contributed by atoms with E-state index in [-0.39, 0.29) is 36.8 Å². The number of aliphatic hydroxyl groups is 2. The predicted molar refractivity (Wildman–Crippen MR) is 153 cm³/mol. The molecule has 1 amide bonds. The number of benzene rings is 2. The van der Waals surface area contributed by atoms with Gasteiger partial charge in [-0.3, -0.25) is 4.79 Å². The highest BCUT2D eigenvalue weighted by atomic mass is 35.5. The monoisotopic (exact) mass is 602 g/mol. The second kappa shape index (κ2) is 12.7. The van der Waals surface area contributed by atoms with Gasteiger partial charge >= 0.3 is 0 Å². The molecule has 0 bridgehead atoms. The fourth-order valence-electron chi connectivity index (χ4n) is 5.92. The molecule has 1 saturated heterocycles. The molecule has 2 aliphatic rings. The summed E-state index contributed by atoms with van der Waals surface area (Å²) in [4.78, 5) is 25.8. The second-order valence-electron chi connectivity index (χ2n) is 10.6. The number of amides is 1. The number of aliphatic hydroxyl groups excluding tert-OH is 1. The van der Waals surface area contributed by atoms with Gasteiger partial charge in [-0.1, -0.05) is 42.3 Å². The van der Waals surface area contributed by atoms with Crippen LogP contribution in [0, 0.1) is 11.7 Å². The van der Waals surface area contributed by atoms with E-state index in [1.54, 1.807) is 24.3 Å². The zero-order valence-electron chi connectivity index (χ0n) is 22.8. The molecule has 0 aliphatic carbocycles. The summed E-state index contributed by atoms with van der Waals surface area (Å²) in [6.07, 6.45) is 3.59. The van der Waals surface area contributed by atoms with E-state index >= 15 is 4.39 Å². The minimum Gasteiger partial charge on any atom is -0.395 e. The van der Waals surface area contributed by atoms with Crippen LogP contribution in [0.5, 0.6) is 0 Å². The Kier molecular flexibility index (Phi) is 9.23. The molecular weight excluding hydrogens is 570 g/mol. The SMILES string of the molecule is CC[C@@](O)(c1cc(F)c2c(c1)C(=O)N(Cc1ncc(Cl)cn1)[C@@H]2OCc1cccc(Cl)c1)C1CCN(CCO)CC1. The van der Waals surface area contributed by atoms with Crippen molar-refractivity contribution in [2.24, 2.45) is 5.92 Å². The Morgan fingerprint density at radius 1 is 1.12 bits per heavy atom. The standard InChI is InChI=1S/C30H33Cl2FN4O4/c1-2-30(40,20-6-8-36(9-7-20)10-11-38)21-13-24-27(25(33)14-21)29(41-18-19-4-3-5-22(31)12-19)37(28(24)39)17-26-34-15-23(32)16-35-26/h3-5,12-16,20,29,38,40H,2,6-11,17-18H2,1H3/t29-,30+/m1/s1. The van der Waals surface area contributed by atoms with Crippen molar-refractivity contribution in [2.75, 3.05) is 26.2 Å². The van der Waals surface area contributed by atoms with Crippen LogP contribution in [0.1, 0.15) is 65.3 Å². The maximum Gasteiger partial charge on any atom is 0.257 e. The summed E-state index contributed by atoms with van der Waals surface area (Å²) in [6.45, 7) is 4.06. The summed E-state index contributed by atoms with van der Waals surface area (Å²) >= 11 is 12.1. The summed E-state index contributed by atoms with van der Waals surface area (Å²) in [5, 5.41) is 22.1. The summed E-state index contributed by atoms with van der Waals surface area (Å²) in [7, 11) is 0. The number of nitrogens with zero attached hydrogens (tertiary/aromatic N) is 4. The third kappa shape index (κ3) is 6.26. The molecule has 0 radical (unpaired) electrons. The average Bonchev–Trinajstić information content (AvgIpc) is 3.24. The van der Waals surface area contributed by atoms with Gasteiger partial charge in [0.25, 0.3) is 5.91 Å². The summed E-state index contributed by atoms with van der Waals surface area (Å²) in [6, 6.07) is 10.1. The number of carbonyl (C=O) groups is 1. The molecule has 218 valence electrons. The highest BCUT2D eigenvalue weighted by molar-refractivity contribution is 6.30. The third-order valence-corrected chi connectivity index (χ3v) is 8.58. The van der Waals surface area contributed by atoms with Crippen molar-refractivity contribution in [3.8, 4) is 0 Å². The van der Waals surface area contributed by atoms with Gasteiger partial charge in [0, 0.05) is 29.5 Å². The lowest BCUT2D eigenvalue weighted by atomic mass is 9.74. The molecule has 41 heavy (non-hydrogen) atoms. The Morgan fingerprint density at radius 3 is 2.51 bits per heavy atom. The minimum absolute atomic E-state index is 0.0268. The van der Waals surface area contributed by atoms with Gasteiger partial charge < -0.3 is 24.7 Å². The molecule has 0 spiro atoms. The van der Waals surface area contributed by atoms with Gasteiger partial charge in [0.15, 0.2) is 6.23 Å². The van der Waals surface area contributed by atoms with E-state index in [0.29, 0.717) is 47.2 Å². The molecule has 2 atom stereocenters. The van der Waals surface area contributed by atoms with Crippen LogP contribution >= 0.6 is 23.2 Å². The molecule has 0 unspecified atom stereocenters. The molecule has 2 aliphatic heterocycles. The van der Waals surface area contributed by atoms with E-state index < -0.39 is 23.6 Å². The lowest BCUT2D eigenvalue weighted by molar-refractivity contribution is -0.0553. The Hall–Kier alpha value is -2.66. The zero-order chi connectivity index (χ0) is 29.1. The van der Waals surface area contributed by atoms with Crippen LogP contribution in [-0.2, 0) is 23.5 Å². The quantitative estimate of drug-likeness (QED) is 0.333. The number of hydrogen-bond donors (Lipinski definition) is 2. The molecule has 5 rings (SSSR count). The Bertz CT molecular complexity index is 1390. The highest BCUT2D eigenvalue weighted by Gasteiger charge is 2.44. The number of β-amino-alcohol motifs (C(OH)–C–C–N with tert-alkyl or cyclic N) is 1. The lowest BCUT2D eigenvalue weighted by Gasteiger charge is -2.41. The van der Waals surface area contributed by atoms with Crippen molar-refractivity contribution in [3.05, 3.63) is 92.7 Å². The van der Waals surface area contributed by atoms with Crippen molar-refractivity contribution < 1.29 is 24.1 Å². The number of hydrogen-bond acceptors (Lipinski definition) is 7. The first-order chi connectivity index (χ1) is 19.7. The van der Waals surface area contributed by atoms with Crippen LogP contribution in [0.3, 0.4) is 0 Å². The van der Waals surface area contributed by atoms with Crippen molar-refractivity contribution in [1.82, 2.24) is 19.8 Å². The maximum atomic E-state index is 16.1. The van der Waals surface area contributed by atoms with Crippen molar-refractivity contribution >= 4 is 29.1 Å². The molecule has 1 aromatic heterocycles. The van der Waals surface area contributed by atoms with Crippen LogP contribution in [0.4, 0.5) is 4.39 Å². The van der Waals surface area contributed by atoms with Crippen LogP contribution in [0.25, 0.3) is 0 Å². The van der Waals surface area contributed by atoms with Crippen LogP contribution in [0.2, 0.25) is 10.0 Å². The summed E-state index contributed by atoms with van der Waals surface area (Å²) in [5.41, 5.74) is 0.0979. The van der Waals surface area contributed by atoms with Gasteiger partial charge in [0.2, 0.25) is 0 Å². The van der Waals surface area contributed by atoms with E-state index in [1.165, 1.54) is 23.4 Å². The number of fused-ring (bicyclic) bond motifs is 1. The fraction of sp³-hybridized carbons (Fsp3) is 0.433. The van der Waals surface area contributed by atoms with Gasteiger partial charge in [-0.25, -0.2) is 14.4 Å². The van der Waals surface area contributed by atoms with E-state index in [9.17, 15) is 15.0 Å². The fourth-order valence-corrected chi connectivity index (χ4v) is 6.23. The Labute approximate surface area is 248 Å². The van der Waals surface area contributed by atoms with Gasteiger partial charge in [-0.2, -0.15) is 0 Å². The van der Waals surface area contributed by atoms with E-state index in [2.05, 4.69) is 14.9 Å². The summed E-state index contributed by atoms with van der Waals surface area (Å²) in [5.74, 6) is -0.852. The average molecular weight is 604 g/mol. The van der Waals surface area contributed by atoms with E-state index in [4.69, 9.17) is 27.9 Å². The first-order valence-electron chi connectivity index (χ1n) is 13.8. The number of halogens is 3. The number of carbonyl (C=O) groups excluding carboxylic acids is 1. The topological polar surface area (TPSA) is 99.0 Å². The van der Waals surface area contributed by atoms with Crippen molar-refractivity contribution in [2.45, 2.75) is 51.2 Å². The molecule has 8 nitrogen and oxygen atoms in total. The number of ether oxygens (including phenoxy) is 1. The molecule has 3 aromatic rings. The van der Waals surface area contributed by atoms with Crippen LogP contribution in [-0.4, -0.2) is 62.1 Å². The molecule has 0 saturated carbocycles.